The summed E-state index contributed by atoms with van der Waals surface area (Å²) >= 11 is 0. The Labute approximate surface area is 133 Å². The van der Waals surface area contributed by atoms with Gasteiger partial charge in [-0.15, -0.1) is 0 Å². The predicted octanol–water partition coefficient (Wildman–Crippen LogP) is 2.06. The molecule has 1 aliphatic carbocycles. The van der Waals surface area contributed by atoms with Crippen molar-refractivity contribution in [2.75, 3.05) is 19.6 Å². The third kappa shape index (κ3) is 3.69. The van der Waals surface area contributed by atoms with Gasteiger partial charge in [0.1, 0.15) is 5.82 Å². The van der Waals surface area contributed by atoms with Crippen LogP contribution < -0.4 is 0 Å². The van der Waals surface area contributed by atoms with Crippen molar-refractivity contribution in [2.24, 2.45) is 0 Å². The molecule has 3 rings (SSSR count). The maximum atomic E-state index is 11.8. The van der Waals surface area contributed by atoms with Crippen molar-refractivity contribution in [3.05, 3.63) is 18.2 Å². The normalized spacial score (nSPS) is 22.2. The van der Waals surface area contributed by atoms with Gasteiger partial charge >= 0.3 is 0 Å². The molecule has 22 heavy (non-hydrogen) atoms. The summed E-state index contributed by atoms with van der Waals surface area (Å²) in [7, 11) is 0. The molecule has 1 aliphatic heterocycles. The zero-order valence-corrected chi connectivity index (χ0v) is 13.9. The Bertz CT molecular complexity index is 509. The van der Waals surface area contributed by atoms with Crippen molar-refractivity contribution < 1.29 is 4.79 Å². The van der Waals surface area contributed by atoms with Crippen molar-refractivity contribution in [3.63, 3.8) is 0 Å². The highest BCUT2D eigenvalue weighted by molar-refractivity contribution is 5.74. The van der Waals surface area contributed by atoms with Gasteiger partial charge in [0.15, 0.2) is 0 Å². The molecule has 5 nitrogen and oxygen atoms in total. The zero-order valence-electron chi connectivity index (χ0n) is 13.9. The van der Waals surface area contributed by atoms with Gasteiger partial charge < -0.3 is 9.47 Å². The molecule has 122 valence electrons. The van der Waals surface area contributed by atoms with Crippen LogP contribution in [0.4, 0.5) is 0 Å². The molecule has 0 radical (unpaired) electrons. The molecule has 5 heteroatoms. The molecule has 1 saturated carbocycles. The van der Waals surface area contributed by atoms with E-state index in [0.29, 0.717) is 12.1 Å². The van der Waals surface area contributed by atoms with E-state index in [1.807, 2.05) is 6.20 Å². The quantitative estimate of drug-likeness (QED) is 0.774. The number of hydrogen-bond donors (Lipinski definition) is 0. The van der Waals surface area contributed by atoms with Gasteiger partial charge in [-0.25, -0.2) is 4.98 Å². The topological polar surface area (TPSA) is 41.4 Å². The van der Waals surface area contributed by atoms with Crippen molar-refractivity contribution in [1.29, 1.82) is 0 Å². The van der Waals surface area contributed by atoms with E-state index < -0.39 is 0 Å². The van der Waals surface area contributed by atoms with Gasteiger partial charge in [0.2, 0.25) is 5.91 Å². The number of rotatable bonds is 7. The highest BCUT2D eigenvalue weighted by atomic mass is 16.2. The smallest absolute Gasteiger partial charge is 0.219 e. The maximum Gasteiger partial charge on any atom is 0.219 e. The van der Waals surface area contributed by atoms with Crippen LogP contribution in [0.15, 0.2) is 12.4 Å². The third-order valence-electron chi connectivity index (χ3n) is 5.07. The lowest BCUT2D eigenvalue weighted by Gasteiger charge is -2.30. The monoisotopic (exact) mass is 304 g/mol. The number of amides is 1. The van der Waals surface area contributed by atoms with Crippen molar-refractivity contribution in [3.8, 4) is 0 Å². The zero-order chi connectivity index (χ0) is 15.5. The standard InChI is InChI=1S/C17H28N4O/c1-14-18-8-12-19(14)10-4-11-20-9-3-5-17(20)13-21(15(2)22)16-6-7-16/h8,12,16-17H,3-7,9-11,13H2,1-2H3/t17-/m1/s1. The number of carbonyl (C=O) groups excluding carboxylic acids is 1. The summed E-state index contributed by atoms with van der Waals surface area (Å²) in [5, 5.41) is 0. The predicted molar refractivity (Wildman–Crippen MR) is 86.6 cm³/mol. The Kier molecular flexibility index (Phi) is 4.81. The van der Waals surface area contributed by atoms with Crippen molar-refractivity contribution in [2.45, 2.75) is 64.6 Å². The molecule has 2 fully saturated rings. The van der Waals surface area contributed by atoms with Gasteiger partial charge in [0.25, 0.3) is 0 Å². The lowest BCUT2D eigenvalue weighted by atomic mass is 10.2. The van der Waals surface area contributed by atoms with Crippen LogP contribution in [-0.4, -0.2) is 57.0 Å². The number of hydrogen-bond acceptors (Lipinski definition) is 3. The Morgan fingerprint density at radius 3 is 2.82 bits per heavy atom. The number of imidazole rings is 1. The third-order valence-corrected chi connectivity index (χ3v) is 5.07. The minimum atomic E-state index is 0.253. The molecule has 0 N–H and O–H groups in total. The molecular formula is C17H28N4O. The Hall–Kier alpha value is -1.36. The van der Waals surface area contributed by atoms with Crippen LogP contribution in [0.2, 0.25) is 0 Å². The fraction of sp³-hybridized carbons (Fsp3) is 0.765. The van der Waals surface area contributed by atoms with E-state index in [-0.39, 0.29) is 5.91 Å². The molecular weight excluding hydrogens is 276 g/mol. The van der Waals surface area contributed by atoms with Gasteiger partial charge in [-0.3, -0.25) is 9.69 Å². The molecule has 0 aromatic carbocycles. The summed E-state index contributed by atoms with van der Waals surface area (Å²) in [4.78, 5) is 20.8. The summed E-state index contributed by atoms with van der Waals surface area (Å²) in [6.07, 6.45) is 9.98. The minimum absolute atomic E-state index is 0.253. The summed E-state index contributed by atoms with van der Waals surface area (Å²) in [5.74, 6) is 1.35. The highest BCUT2D eigenvalue weighted by Crippen LogP contribution is 2.29. The Morgan fingerprint density at radius 1 is 1.36 bits per heavy atom. The average Bonchev–Trinajstić information content (AvgIpc) is 3.10. The van der Waals surface area contributed by atoms with Crippen LogP contribution in [0, 0.1) is 6.92 Å². The second-order valence-electron chi connectivity index (χ2n) is 6.76. The van der Waals surface area contributed by atoms with Gasteiger partial charge in [0.05, 0.1) is 0 Å². The minimum Gasteiger partial charge on any atom is -0.338 e. The first kappa shape index (κ1) is 15.5. The largest absolute Gasteiger partial charge is 0.338 e. The number of aromatic nitrogens is 2. The van der Waals surface area contributed by atoms with E-state index in [0.717, 1.165) is 31.9 Å². The second-order valence-corrected chi connectivity index (χ2v) is 6.76. The average molecular weight is 304 g/mol. The number of carbonyl (C=O) groups is 1. The summed E-state index contributed by atoms with van der Waals surface area (Å²) in [6.45, 7) is 8.05. The number of aryl methyl sites for hydroxylation is 2. The molecule has 1 saturated heterocycles. The van der Waals surface area contributed by atoms with Gasteiger partial charge in [-0.2, -0.15) is 0 Å². The van der Waals surface area contributed by atoms with Crippen LogP contribution >= 0.6 is 0 Å². The van der Waals surface area contributed by atoms with Gasteiger partial charge in [-0.1, -0.05) is 0 Å². The van der Waals surface area contributed by atoms with Crippen molar-refractivity contribution >= 4 is 5.91 Å². The lowest BCUT2D eigenvalue weighted by molar-refractivity contribution is -0.130. The van der Waals surface area contributed by atoms with Crippen molar-refractivity contribution in [1.82, 2.24) is 19.4 Å². The first-order valence-electron chi connectivity index (χ1n) is 8.64. The van der Waals surface area contributed by atoms with Crippen LogP contribution in [-0.2, 0) is 11.3 Å². The Balaban J connectivity index is 1.48. The van der Waals surface area contributed by atoms with Crippen LogP contribution in [0.3, 0.4) is 0 Å². The lowest BCUT2D eigenvalue weighted by Crippen LogP contribution is -2.43. The SMILES string of the molecule is CC(=O)N(C[C@H]1CCCN1CCCn1ccnc1C)C1CC1. The van der Waals surface area contributed by atoms with E-state index in [4.69, 9.17) is 0 Å². The first-order chi connectivity index (χ1) is 10.6. The summed E-state index contributed by atoms with van der Waals surface area (Å²) in [5.41, 5.74) is 0. The highest BCUT2D eigenvalue weighted by Gasteiger charge is 2.34. The fourth-order valence-electron chi connectivity index (χ4n) is 3.63. The molecule has 0 spiro atoms. The van der Waals surface area contributed by atoms with E-state index in [2.05, 4.69) is 32.5 Å². The van der Waals surface area contributed by atoms with Gasteiger partial charge in [0, 0.05) is 51.0 Å². The van der Waals surface area contributed by atoms with Crippen LogP contribution in [0.5, 0.6) is 0 Å². The van der Waals surface area contributed by atoms with Gasteiger partial charge in [-0.05, 0) is 45.6 Å². The molecule has 1 aromatic rings. The summed E-state index contributed by atoms with van der Waals surface area (Å²) in [6, 6.07) is 1.10. The molecule has 2 aliphatic rings. The molecule has 2 heterocycles. The molecule has 0 bridgehead atoms. The molecule has 1 amide bonds. The summed E-state index contributed by atoms with van der Waals surface area (Å²) < 4.78 is 2.22. The van der Waals surface area contributed by atoms with Crippen LogP contribution in [0.25, 0.3) is 0 Å². The van der Waals surface area contributed by atoms with E-state index in [1.54, 1.807) is 6.92 Å². The van der Waals surface area contributed by atoms with Crippen LogP contribution in [0.1, 0.15) is 44.9 Å². The molecule has 1 atom stereocenters. The fourth-order valence-corrected chi connectivity index (χ4v) is 3.63. The second kappa shape index (κ2) is 6.82. The van der Waals surface area contributed by atoms with E-state index >= 15 is 0 Å². The number of likely N-dealkylation sites (tertiary alicyclic amines) is 1. The number of nitrogens with zero attached hydrogens (tertiary/aromatic N) is 4. The Morgan fingerprint density at radius 2 is 2.18 bits per heavy atom. The maximum absolute atomic E-state index is 11.8. The van der Waals surface area contributed by atoms with E-state index in [9.17, 15) is 4.79 Å². The first-order valence-corrected chi connectivity index (χ1v) is 8.64. The van der Waals surface area contributed by atoms with E-state index in [1.165, 1.54) is 32.2 Å². The molecule has 1 aromatic heterocycles. The molecule has 0 unspecified atom stereocenters.